The lowest BCUT2D eigenvalue weighted by Crippen LogP contribution is -2.37. The van der Waals surface area contributed by atoms with Crippen molar-refractivity contribution in [1.29, 1.82) is 0 Å². The van der Waals surface area contributed by atoms with Crippen LogP contribution in [0.1, 0.15) is 6.92 Å². The summed E-state index contributed by atoms with van der Waals surface area (Å²) in [4.78, 5) is 24.6. The fraction of sp³-hybridized carbons (Fsp3) is 0.429. The van der Waals surface area contributed by atoms with E-state index < -0.39 is 6.09 Å². The average molecular weight is 294 g/mol. The van der Waals surface area contributed by atoms with E-state index in [4.69, 9.17) is 4.74 Å². The van der Waals surface area contributed by atoms with Gasteiger partial charge >= 0.3 is 12.1 Å². The van der Waals surface area contributed by atoms with Crippen LogP contribution in [-0.2, 0) is 4.74 Å². The van der Waals surface area contributed by atoms with E-state index >= 15 is 0 Å². The van der Waals surface area contributed by atoms with Gasteiger partial charge in [0.25, 0.3) is 0 Å². The highest BCUT2D eigenvalue weighted by Crippen LogP contribution is 2.15. The molecule has 0 atom stereocenters. The zero-order valence-corrected chi connectivity index (χ0v) is 12.6. The molecular weight excluding hydrogens is 272 g/mol. The van der Waals surface area contributed by atoms with Crippen LogP contribution in [0.5, 0.6) is 0 Å². The third kappa shape index (κ3) is 6.51. The summed E-state index contributed by atoms with van der Waals surface area (Å²) in [7, 11) is 3.90. The molecule has 0 aromatic heterocycles. The Kier molecular flexibility index (Phi) is 6.86. The van der Waals surface area contributed by atoms with E-state index in [0.717, 1.165) is 5.69 Å². The summed E-state index contributed by atoms with van der Waals surface area (Å²) < 4.78 is 4.69. The van der Waals surface area contributed by atoms with Gasteiger partial charge in [-0.3, -0.25) is 0 Å². The third-order valence-corrected chi connectivity index (χ3v) is 2.60. The van der Waals surface area contributed by atoms with Gasteiger partial charge in [-0.25, -0.2) is 9.59 Å². The van der Waals surface area contributed by atoms with Crippen molar-refractivity contribution in [2.45, 2.75) is 6.92 Å². The van der Waals surface area contributed by atoms with Gasteiger partial charge < -0.3 is 25.6 Å². The van der Waals surface area contributed by atoms with Crippen molar-refractivity contribution in [3.8, 4) is 0 Å². The van der Waals surface area contributed by atoms with Gasteiger partial charge in [0, 0.05) is 38.6 Å². The molecule has 0 saturated carbocycles. The quantitative estimate of drug-likeness (QED) is 0.696. The zero-order chi connectivity index (χ0) is 15.7. The number of rotatable bonds is 6. The molecule has 21 heavy (non-hydrogen) atoms. The number of anilines is 2. The topological polar surface area (TPSA) is 82.7 Å². The minimum atomic E-state index is -0.487. The second kappa shape index (κ2) is 8.68. The van der Waals surface area contributed by atoms with Crippen molar-refractivity contribution < 1.29 is 14.3 Å². The van der Waals surface area contributed by atoms with Crippen LogP contribution in [0.15, 0.2) is 24.3 Å². The lowest BCUT2D eigenvalue weighted by Gasteiger charge is -2.13. The predicted molar refractivity (Wildman–Crippen MR) is 82.8 cm³/mol. The number of ether oxygens (including phenoxy) is 1. The van der Waals surface area contributed by atoms with Crippen LogP contribution in [0, 0.1) is 0 Å². The molecular formula is C14H22N4O3. The number of nitrogens with one attached hydrogen (secondary N) is 3. The van der Waals surface area contributed by atoms with Crippen molar-refractivity contribution in [3.05, 3.63) is 24.3 Å². The minimum absolute atomic E-state index is 0.311. The van der Waals surface area contributed by atoms with Gasteiger partial charge in [-0.05, 0) is 31.2 Å². The molecule has 3 N–H and O–H groups in total. The van der Waals surface area contributed by atoms with Crippen molar-refractivity contribution in [3.63, 3.8) is 0 Å². The molecule has 0 spiro atoms. The molecule has 0 unspecified atom stereocenters. The van der Waals surface area contributed by atoms with E-state index in [-0.39, 0.29) is 6.03 Å². The van der Waals surface area contributed by atoms with E-state index in [1.807, 2.05) is 43.3 Å². The summed E-state index contributed by atoms with van der Waals surface area (Å²) in [6.07, 6.45) is -0.487. The lowest BCUT2D eigenvalue weighted by molar-refractivity contribution is 0.152. The second-order valence-electron chi connectivity index (χ2n) is 4.47. The van der Waals surface area contributed by atoms with Crippen molar-refractivity contribution in [1.82, 2.24) is 10.6 Å². The molecule has 0 aliphatic rings. The van der Waals surface area contributed by atoms with Gasteiger partial charge in [-0.15, -0.1) is 0 Å². The first-order valence-electron chi connectivity index (χ1n) is 6.75. The van der Waals surface area contributed by atoms with Crippen LogP contribution in [0.2, 0.25) is 0 Å². The molecule has 1 aromatic carbocycles. The van der Waals surface area contributed by atoms with Crippen LogP contribution < -0.4 is 20.9 Å². The highest BCUT2D eigenvalue weighted by Gasteiger charge is 2.03. The molecule has 0 heterocycles. The minimum Gasteiger partial charge on any atom is -0.450 e. The summed E-state index contributed by atoms with van der Waals surface area (Å²) in [5.74, 6) is 0. The number of nitrogens with zero attached hydrogens (tertiary/aromatic N) is 1. The lowest BCUT2D eigenvalue weighted by atomic mass is 10.2. The molecule has 116 valence electrons. The van der Waals surface area contributed by atoms with Gasteiger partial charge in [0.05, 0.1) is 6.61 Å². The second-order valence-corrected chi connectivity index (χ2v) is 4.47. The van der Waals surface area contributed by atoms with E-state index in [2.05, 4.69) is 16.0 Å². The Bertz CT molecular complexity index is 460. The first kappa shape index (κ1) is 16.6. The third-order valence-electron chi connectivity index (χ3n) is 2.60. The maximum Gasteiger partial charge on any atom is 0.407 e. The van der Waals surface area contributed by atoms with Gasteiger partial charge in [-0.2, -0.15) is 0 Å². The smallest absolute Gasteiger partial charge is 0.407 e. The molecule has 0 aliphatic heterocycles. The van der Waals surface area contributed by atoms with Gasteiger partial charge in [0.2, 0.25) is 0 Å². The normalized spacial score (nSPS) is 9.67. The molecule has 0 fully saturated rings. The molecule has 0 radical (unpaired) electrons. The molecule has 1 aromatic rings. The fourth-order valence-electron chi connectivity index (χ4n) is 1.54. The molecule has 7 nitrogen and oxygen atoms in total. The molecule has 0 aliphatic carbocycles. The number of hydrogen-bond acceptors (Lipinski definition) is 4. The number of urea groups is 1. The SMILES string of the molecule is CCOC(=O)NCCNC(=O)Nc1ccc(N(C)C)cc1. The number of alkyl carbamates (subject to hydrolysis) is 1. The van der Waals surface area contributed by atoms with Gasteiger partial charge in [0.1, 0.15) is 0 Å². The van der Waals surface area contributed by atoms with E-state index in [1.54, 1.807) is 6.92 Å². The fourth-order valence-corrected chi connectivity index (χ4v) is 1.54. The molecule has 3 amide bonds. The monoisotopic (exact) mass is 294 g/mol. The Morgan fingerprint density at radius 1 is 1.10 bits per heavy atom. The zero-order valence-electron chi connectivity index (χ0n) is 12.6. The Hall–Kier alpha value is -2.44. The van der Waals surface area contributed by atoms with E-state index in [1.165, 1.54) is 0 Å². The number of hydrogen-bond donors (Lipinski definition) is 3. The Balaban J connectivity index is 2.26. The van der Waals surface area contributed by atoms with Crippen molar-refractivity contribution in [2.75, 3.05) is 44.0 Å². The highest BCUT2D eigenvalue weighted by atomic mass is 16.5. The summed E-state index contributed by atoms with van der Waals surface area (Å²) >= 11 is 0. The van der Waals surface area contributed by atoms with Crippen LogP contribution in [0.4, 0.5) is 21.0 Å². The predicted octanol–water partition coefficient (Wildman–Crippen LogP) is 1.62. The first-order valence-corrected chi connectivity index (χ1v) is 6.75. The van der Waals surface area contributed by atoms with Crippen molar-refractivity contribution in [2.24, 2.45) is 0 Å². The van der Waals surface area contributed by atoms with Crippen molar-refractivity contribution >= 4 is 23.5 Å². The van der Waals surface area contributed by atoms with Gasteiger partial charge in [0.15, 0.2) is 0 Å². The van der Waals surface area contributed by atoms with Crippen LogP contribution in [-0.4, -0.2) is 45.9 Å². The van der Waals surface area contributed by atoms with E-state index in [9.17, 15) is 9.59 Å². The summed E-state index contributed by atoms with van der Waals surface area (Å²) in [6, 6.07) is 7.16. The van der Waals surface area contributed by atoms with Crippen LogP contribution in [0.3, 0.4) is 0 Å². The summed E-state index contributed by atoms with van der Waals surface area (Å²) in [5, 5.41) is 7.86. The first-order chi connectivity index (χ1) is 10.0. The van der Waals surface area contributed by atoms with Crippen LogP contribution >= 0.6 is 0 Å². The summed E-state index contributed by atoms with van der Waals surface area (Å²) in [6.45, 7) is 2.68. The van der Waals surface area contributed by atoms with Crippen LogP contribution in [0.25, 0.3) is 0 Å². The van der Waals surface area contributed by atoms with Gasteiger partial charge in [-0.1, -0.05) is 0 Å². The maximum absolute atomic E-state index is 11.6. The molecule has 7 heteroatoms. The largest absolute Gasteiger partial charge is 0.450 e. The summed E-state index contributed by atoms with van der Waals surface area (Å²) in [5.41, 5.74) is 1.76. The molecule has 0 saturated heterocycles. The number of carbonyl (C=O) groups is 2. The number of amides is 3. The number of carbonyl (C=O) groups excluding carboxylic acids is 2. The molecule has 1 rings (SSSR count). The maximum atomic E-state index is 11.6. The highest BCUT2D eigenvalue weighted by molar-refractivity contribution is 5.89. The Labute approximate surface area is 124 Å². The Morgan fingerprint density at radius 3 is 2.29 bits per heavy atom. The van der Waals surface area contributed by atoms with E-state index in [0.29, 0.717) is 25.4 Å². The number of benzene rings is 1. The Morgan fingerprint density at radius 2 is 1.71 bits per heavy atom. The standard InChI is InChI=1S/C14H22N4O3/c1-4-21-14(20)16-10-9-15-13(19)17-11-5-7-12(8-6-11)18(2)3/h5-8H,4,9-10H2,1-3H3,(H,16,20)(H2,15,17,19). The molecule has 0 bridgehead atoms. The average Bonchev–Trinajstić information content (AvgIpc) is 2.44.